The Balaban J connectivity index is 1.82. The first kappa shape index (κ1) is 19.7. The van der Waals surface area contributed by atoms with Gasteiger partial charge in [0.05, 0.1) is 10.7 Å². The molecular weight excluding hydrogens is 360 g/mol. The molecule has 0 saturated carbocycles. The van der Waals surface area contributed by atoms with Crippen molar-refractivity contribution in [3.05, 3.63) is 35.0 Å². The molecule has 1 atom stereocenters. The minimum atomic E-state index is 0.525. The number of nitrogens with zero attached hydrogens (tertiary/aromatic N) is 3. The van der Waals surface area contributed by atoms with E-state index in [0.29, 0.717) is 22.7 Å². The highest BCUT2D eigenvalue weighted by atomic mass is 35.5. The lowest BCUT2D eigenvalue weighted by molar-refractivity contribution is 0.571. The molecule has 1 aromatic carbocycles. The van der Waals surface area contributed by atoms with Crippen molar-refractivity contribution in [1.29, 1.82) is 0 Å². The molecular formula is C20H29ClN6. The summed E-state index contributed by atoms with van der Waals surface area (Å²) in [5, 5.41) is 7.36. The van der Waals surface area contributed by atoms with Crippen LogP contribution in [0.15, 0.2) is 24.3 Å². The van der Waals surface area contributed by atoms with Crippen LogP contribution in [0, 0.1) is 0 Å². The quantitative estimate of drug-likeness (QED) is 0.593. The number of nitrogens with one attached hydrogen (secondary N) is 2. The van der Waals surface area contributed by atoms with E-state index in [-0.39, 0.29) is 0 Å². The summed E-state index contributed by atoms with van der Waals surface area (Å²) in [4.78, 5) is 11.8. The molecule has 1 aromatic heterocycles. The number of likely N-dealkylation sites (N-methyl/N-ethyl adjacent to an activating group) is 1. The first-order valence-electron chi connectivity index (χ1n) is 9.77. The van der Waals surface area contributed by atoms with Crippen molar-refractivity contribution in [2.45, 2.75) is 45.6 Å². The lowest BCUT2D eigenvalue weighted by Crippen LogP contribution is -2.32. The second-order valence-corrected chi connectivity index (χ2v) is 7.40. The zero-order valence-corrected chi connectivity index (χ0v) is 16.9. The summed E-state index contributed by atoms with van der Waals surface area (Å²) in [5.41, 5.74) is 8.36. The van der Waals surface area contributed by atoms with Gasteiger partial charge in [-0.3, -0.25) is 0 Å². The van der Waals surface area contributed by atoms with Crippen LogP contribution in [0.25, 0.3) is 0 Å². The Hall–Kier alpha value is -2.05. The van der Waals surface area contributed by atoms with Crippen LogP contribution >= 0.6 is 11.6 Å². The standard InChI is InChI=1S/C20H29ClN6/c1-3-5-6-14-12-19(27-10-9-16(13-27)23-4-2)26-20(24-14)25-15-7-8-17(21)18(22)11-15/h7-8,11-12,16,23H,3-6,9-10,13,22H2,1-2H3,(H,24,25,26). The number of aryl methyl sites for hydroxylation is 1. The van der Waals surface area contributed by atoms with Crippen LogP contribution < -0.4 is 21.3 Å². The summed E-state index contributed by atoms with van der Waals surface area (Å²) in [7, 11) is 0. The molecule has 27 heavy (non-hydrogen) atoms. The lowest BCUT2D eigenvalue weighted by Gasteiger charge is -2.19. The smallest absolute Gasteiger partial charge is 0.229 e. The third-order valence-corrected chi connectivity index (χ3v) is 5.15. The Morgan fingerprint density at radius 1 is 1.26 bits per heavy atom. The van der Waals surface area contributed by atoms with Gasteiger partial charge in [-0.05, 0) is 44.0 Å². The van der Waals surface area contributed by atoms with Gasteiger partial charge in [-0.25, -0.2) is 4.98 Å². The van der Waals surface area contributed by atoms with Gasteiger partial charge < -0.3 is 21.3 Å². The number of hydrogen-bond donors (Lipinski definition) is 3. The molecule has 3 rings (SSSR count). The predicted octanol–water partition coefficient (Wildman–Crippen LogP) is 3.99. The zero-order chi connectivity index (χ0) is 19.2. The number of hydrogen-bond acceptors (Lipinski definition) is 6. The second-order valence-electron chi connectivity index (χ2n) is 7.00. The molecule has 0 amide bonds. The zero-order valence-electron chi connectivity index (χ0n) is 16.1. The molecule has 0 aliphatic carbocycles. The molecule has 7 heteroatoms. The summed E-state index contributed by atoms with van der Waals surface area (Å²) < 4.78 is 0. The number of halogens is 1. The Morgan fingerprint density at radius 3 is 2.85 bits per heavy atom. The Bertz CT molecular complexity index is 766. The highest BCUT2D eigenvalue weighted by Crippen LogP contribution is 2.26. The van der Waals surface area contributed by atoms with E-state index < -0.39 is 0 Å². The number of nitrogen functional groups attached to an aromatic ring is 1. The molecule has 6 nitrogen and oxygen atoms in total. The van der Waals surface area contributed by atoms with Gasteiger partial charge in [0.2, 0.25) is 5.95 Å². The number of anilines is 4. The van der Waals surface area contributed by atoms with Gasteiger partial charge in [-0.15, -0.1) is 0 Å². The van der Waals surface area contributed by atoms with Crippen LogP contribution in [0.4, 0.5) is 23.1 Å². The molecule has 1 aliphatic rings. The third-order valence-electron chi connectivity index (χ3n) is 4.81. The number of aromatic nitrogens is 2. The maximum Gasteiger partial charge on any atom is 0.229 e. The molecule has 0 spiro atoms. The highest BCUT2D eigenvalue weighted by Gasteiger charge is 2.23. The summed E-state index contributed by atoms with van der Waals surface area (Å²) in [6.07, 6.45) is 4.35. The van der Waals surface area contributed by atoms with Gasteiger partial charge in [-0.1, -0.05) is 31.9 Å². The average molecular weight is 389 g/mol. The summed E-state index contributed by atoms with van der Waals surface area (Å²) in [5.74, 6) is 1.59. The molecule has 2 heterocycles. The number of benzene rings is 1. The van der Waals surface area contributed by atoms with Gasteiger partial charge in [0.25, 0.3) is 0 Å². The number of nitrogens with two attached hydrogens (primary N) is 1. The van der Waals surface area contributed by atoms with Crippen LogP contribution in [0.2, 0.25) is 5.02 Å². The van der Waals surface area contributed by atoms with E-state index >= 15 is 0 Å². The predicted molar refractivity (Wildman–Crippen MR) is 114 cm³/mol. The molecule has 1 fully saturated rings. The van der Waals surface area contributed by atoms with Gasteiger partial charge in [0, 0.05) is 36.6 Å². The Morgan fingerprint density at radius 2 is 2.11 bits per heavy atom. The highest BCUT2D eigenvalue weighted by molar-refractivity contribution is 6.33. The molecule has 0 radical (unpaired) electrons. The largest absolute Gasteiger partial charge is 0.397 e. The number of unbranched alkanes of at least 4 members (excludes halogenated alkanes) is 1. The molecule has 1 saturated heterocycles. The van der Waals surface area contributed by atoms with Crippen LogP contribution in [0.1, 0.15) is 38.8 Å². The van der Waals surface area contributed by atoms with E-state index in [0.717, 1.165) is 62.5 Å². The lowest BCUT2D eigenvalue weighted by atomic mass is 10.2. The summed E-state index contributed by atoms with van der Waals surface area (Å²) >= 11 is 6.02. The molecule has 146 valence electrons. The monoisotopic (exact) mass is 388 g/mol. The Labute approximate surface area is 166 Å². The van der Waals surface area contributed by atoms with Crippen LogP contribution in [0.3, 0.4) is 0 Å². The Kier molecular flexibility index (Phi) is 6.74. The van der Waals surface area contributed by atoms with Gasteiger partial charge in [0.1, 0.15) is 5.82 Å². The van der Waals surface area contributed by atoms with E-state index in [9.17, 15) is 0 Å². The van der Waals surface area contributed by atoms with Crippen LogP contribution in [-0.4, -0.2) is 35.6 Å². The maximum absolute atomic E-state index is 6.02. The minimum absolute atomic E-state index is 0.525. The van der Waals surface area contributed by atoms with Gasteiger partial charge in [0.15, 0.2) is 0 Å². The molecule has 0 bridgehead atoms. The topological polar surface area (TPSA) is 79.1 Å². The van der Waals surface area contributed by atoms with Gasteiger partial charge >= 0.3 is 0 Å². The SMILES string of the molecule is CCCCc1cc(N2CCC(NCC)C2)nc(Nc2ccc(Cl)c(N)c2)n1. The van der Waals surface area contributed by atoms with Crippen molar-refractivity contribution >= 4 is 34.7 Å². The van der Waals surface area contributed by atoms with Gasteiger partial charge in [-0.2, -0.15) is 4.98 Å². The van der Waals surface area contributed by atoms with Crippen LogP contribution in [0.5, 0.6) is 0 Å². The van der Waals surface area contributed by atoms with Crippen molar-refractivity contribution in [1.82, 2.24) is 15.3 Å². The van der Waals surface area contributed by atoms with Crippen molar-refractivity contribution < 1.29 is 0 Å². The second kappa shape index (κ2) is 9.24. The minimum Gasteiger partial charge on any atom is -0.397 e. The normalized spacial score (nSPS) is 16.7. The fourth-order valence-corrected chi connectivity index (χ4v) is 3.48. The average Bonchev–Trinajstić information content (AvgIpc) is 3.12. The van der Waals surface area contributed by atoms with E-state index in [4.69, 9.17) is 27.3 Å². The van der Waals surface area contributed by atoms with E-state index in [1.807, 2.05) is 6.07 Å². The van der Waals surface area contributed by atoms with Crippen molar-refractivity contribution in [2.24, 2.45) is 0 Å². The first-order valence-corrected chi connectivity index (χ1v) is 10.1. The molecule has 2 aromatic rings. The van der Waals surface area contributed by atoms with E-state index in [1.165, 1.54) is 0 Å². The number of rotatable bonds is 8. The fourth-order valence-electron chi connectivity index (χ4n) is 3.36. The first-order chi connectivity index (χ1) is 13.1. The third kappa shape index (κ3) is 5.23. The van der Waals surface area contributed by atoms with E-state index in [1.54, 1.807) is 12.1 Å². The molecule has 1 unspecified atom stereocenters. The maximum atomic E-state index is 6.02. The molecule has 4 N–H and O–H groups in total. The molecule has 1 aliphatic heterocycles. The fraction of sp³-hybridized carbons (Fsp3) is 0.500. The van der Waals surface area contributed by atoms with Crippen LogP contribution in [-0.2, 0) is 6.42 Å². The summed E-state index contributed by atoms with van der Waals surface area (Å²) in [6, 6.07) is 8.13. The van der Waals surface area contributed by atoms with E-state index in [2.05, 4.69) is 35.4 Å². The van der Waals surface area contributed by atoms with Crippen molar-refractivity contribution in [2.75, 3.05) is 35.6 Å². The van der Waals surface area contributed by atoms with Crippen molar-refractivity contribution in [3.63, 3.8) is 0 Å². The van der Waals surface area contributed by atoms with Crippen molar-refractivity contribution in [3.8, 4) is 0 Å². The summed E-state index contributed by atoms with van der Waals surface area (Å²) in [6.45, 7) is 7.32.